The predicted octanol–water partition coefficient (Wildman–Crippen LogP) is 4.04. The van der Waals surface area contributed by atoms with E-state index in [0.717, 1.165) is 50.9 Å². The highest BCUT2D eigenvalue weighted by atomic mass is 127. The van der Waals surface area contributed by atoms with Gasteiger partial charge in [-0.1, -0.05) is 31.4 Å². The molecule has 170 valence electrons. The van der Waals surface area contributed by atoms with Crippen LogP contribution in [0.25, 0.3) is 0 Å². The fraction of sp³-hybridized carbons (Fsp3) is 0.696. The normalized spacial score (nSPS) is 20.0. The number of nitrogens with one attached hydrogen (secondary N) is 2. The van der Waals surface area contributed by atoms with Gasteiger partial charge in [-0.25, -0.2) is 0 Å². The molecule has 1 aliphatic carbocycles. The number of guanidine groups is 1. The molecule has 0 bridgehead atoms. The third-order valence-corrected chi connectivity index (χ3v) is 6.01. The van der Waals surface area contributed by atoms with Crippen molar-refractivity contribution < 1.29 is 9.47 Å². The van der Waals surface area contributed by atoms with E-state index in [1.807, 2.05) is 19.2 Å². The number of anilines is 1. The second-order valence-electron chi connectivity index (χ2n) is 8.14. The molecule has 2 aliphatic rings. The lowest BCUT2D eigenvalue weighted by molar-refractivity contribution is 0.0277. The summed E-state index contributed by atoms with van der Waals surface area (Å²) >= 11 is 0. The average Bonchev–Trinajstić information content (AvgIpc) is 3.25. The second kappa shape index (κ2) is 14.0. The van der Waals surface area contributed by atoms with Crippen LogP contribution in [0.4, 0.5) is 5.69 Å². The second-order valence-corrected chi connectivity index (χ2v) is 8.14. The summed E-state index contributed by atoms with van der Waals surface area (Å²) in [7, 11) is 3.58. The summed E-state index contributed by atoms with van der Waals surface area (Å²) in [5, 5.41) is 6.91. The van der Waals surface area contributed by atoms with E-state index in [9.17, 15) is 0 Å². The topological polar surface area (TPSA) is 58.1 Å². The van der Waals surface area contributed by atoms with Crippen molar-refractivity contribution in [1.29, 1.82) is 0 Å². The number of para-hydroxylation sites is 2. The molecule has 7 heteroatoms. The van der Waals surface area contributed by atoms with Crippen LogP contribution in [-0.2, 0) is 4.74 Å². The van der Waals surface area contributed by atoms with Gasteiger partial charge in [-0.05, 0) is 43.7 Å². The Kier molecular flexibility index (Phi) is 11.7. The highest BCUT2D eigenvalue weighted by Gasteiger charge is 2.24. The molecule has 1 atom stereocenters. The minimum Gasteiger partial charge on any atom is -0.495 e. The molecule has 6 nitrogen and oxygen atoms in total. The third-order valence-electron chi connectivity index (χ3n) is 6.01. The van der Waals surface area contributed by atoms with Crippen LogP contribution in [0.15, 0.2) is 29.3 Å². The number of hydrogen-bond acceptors (Lipinski definition) is 4. The van der Waals surface area contributed by atoms with E-state index in [1.54, 1.807) is 7.11 Å². The van der Waals surface area contributed by atoms with Gasteiger partial charge < -0.3 is 25.0 Å². The van der Waals surface area contributed by atoms with Crippen molar-refractivity contribution in [3.05, 3.63) is 24.3 Å². The molecule has 1 unspecified atom stereocenters. The summed E-state index contributed by atoms with van der Waals surface area (Å²) in [4.78, 5) is 6.78. The average molecular weight is 530 g/mol. The number of methoxy groups -OCH3 is 1. The fourth-order valence-electron chi connectivity index (χ4n) is 4.33. The molecule has 0 spiro atoms. The van der Waals surface area contributed by atoms with Gasteiger partial charge >= 0.3 is 0 Å². The Balaban J connectivity index is 0.00000320. The molecule has 1 heterocycles. The van der Waals surface area contributed by atoms with Gasteiger partial charge in [0.1, 0.15) is 5.75 Å². The Morgan fingerprint density at radius 3 is 2.70 bits per heavy atom. The maximum Gasteiger partial charge on any atom is 0.190 e. The molecular weight excluding hydrogens is 491 g/mol. The number of rotatable bonds is 9. The molecule has 1 saturated heterocycles. The Morgan fingerprint density at radius 2 is 1.93 bits per heavy atom. The summed E-state index contributed by atoms with van der Waals surface area (Å²) in [5.41, 5.74) is 1.19. The van der Waals surface area contributed by atoms with Gasteiger partial charge in [-0.2, -0.15) is 0 Å². The maximum absolute atomic E-state index is 6.00. The lowest BCUT2D eigenvalue weighted by Gasteiger charge is -2.22. The van der Waals surface area contributed by atoms with Crippen LogP contribution in [0.2, 0.25) is 0 Å². The van der Waals surface area contributed by atoms with Crippen LogP contribution >= 0.6 is 24.0 Å². The van der Waals surface area contributed by atoms with Gasteiger partial charge in [0.2, 0.25) is 0 Å². The van der Waals surface area contributed by atoms with Crippen molar-refractivity contribution in [2.45, 2.75) is 51.0 Å². The minimum atomic E-state index is 0. The monoisotopic (exact) mass is 530 g/mol. The van der Waals surface area contributed by atoms with E-state index in [-0.39, 0.29) is 24.0 Å². The first-order chi connectivity index (χ1) is 14.3. The quantitative estimate of drug-likeness (QED) is 0.219. The van der Waals surface area contributed by atoms with Crippen molar-refractivity contribution in [3.8, 4) is 5.75 Å². The zero-order valence-electron chi connectivity index (χ0n) is 18.6. The molecule has 1 aromatic rings. The summed E-state index contributed by atoms with van der Waals surface area (Å²) in [5.74, 6) is 2.44. The van der Waals surface area contributed by atoms with E-state index in [1.165, 1.54) is 44.2 Å². The summed E-state index contributed by atoms with van der Waals surface area (Å²) in [6.45, 7) is 4.77. The molecule has 0 amide bonds. The molecule has 2 fully saturated rings. The molecule has 1 saturated carbocycles. The van der Waals surface area contributed by atoms with Crippen LogP contribution in [0.5, 0.6) is 5.75 Å². The van der Waals surface area contributed by atoms with Crippen molar-refractivity contribution in [3.63, 3.8) is 0 Å². The van der Waals surface area contributed by atoms with Crippen molar-refractivity contribution in [1.82, 2.24) is 10.6 Å². The lowest BCUT2D eigenvalue weighted by atomic mass is 9.98. The van der Waals surface area contributed by atoms with Gasteiger partial charge in [0.25, 0.3) is 0 Å². The van der Waals surface area contributed by atoms with Crippen molar-refractivity contribution in [2.75, 3.05) is 51.8 Å². The van der Waals surface area contributed by atoms with Crippen LogP contribution in [0, 0.1) is 5.92 Å². The van der Waals surface area contributed by atoms with Gasteiger partial charge in [0, 0.05) is 39.8 Å². The van der Waals surface area contributed by atoms with Gasteiger partial charge in [-0.3, -0.25) is 4.99 Å². The van der Waals surface area contributed by atoms with Crippen molar-refractivity contribution in [2.24, 2.45) is 10.9 Å². The minimum absolute atomic E-state index is 0. The molecule has 2 N–H and O–H groups in total. The third kappa shape index (κ3) is 7.80. The molecular formula is C23H39IN4O2. The lowest BCUT2D eigenvalue weighted by Crippen LogP contribution is -2.41. The van der Waals surface area contributed by atoms with E-state index in [4.69, 9.17) is 9.47 Å². The van der Waals surface area contributed by atoms with Gasteiger partial charge in [0.05, 0.1) is 18.9 Å². The van der Waals surface area contributed by atoms with Crippen LogP contribution in [0.1, 0.15) is 44.9 Å². The van der Waals surface area contributed by atoms with Crippen LogP contribution in [0.3, 0.4) is 0 Å². The Labute approximate surface area is 199 Å². The number of benzene rings is 1. The Bertz CT molecular complexity index is 637. The highest BCUT2D eigenvalue weighted by Crippen LogP contribution is 2.31. The number of ether oxygens (including phenoxy) is 2. The molecule has 0 radical (unpaired) electrons. The van der Waals surface area contributed by atoms with E-state index < -0.39 is 0 Å². The summed E-state index contributed by atoms with van der Waals surface area (Å²) in [6.07, 6.45) is 9.20. The first-order valence-electron chi connectivity index (χ1n) is 11.2. The number of halogens is 1. The maximum atomic E-state index is 6.00. The van der Waals surface area contributed by atoms with Gasteiger partial charge in [-0.15, -0.1) is 24.0 Å². The smallest absolute Gasteiger partial charge is 0.190 e. The van der Waals surface area contributed by atoms with Crippen LogP contribution < -0.4 is 20.3 Å². The zero-order chi connectivity index (χ0) is 20.3. The Morgan fingerprint density at radius 1 is 1.13 bits per heavy atom. The van der Waals surface area contributed by atoms with E-state index in [0.29, 0.717) is 12.0 Å². The fourth-order valence-corrected chi connectivity index (χ4v) is 4.33. The number of aliphatic imine (C=N–C) groups is 1. The molecule has 3 rings (SSSR count). The highest BCUT2D eigenvalue weighted by molar-refractivity contribution is 14.0. The molecule has 1 aliphatic heterocycles. The van der Waals surface area contributed by atoms with Gasteiger partial charge in [0.15, 0.2) is 5.96 Å². The van der Waals surface area contributed by atoms with Crippen molar-refractivity contribution >= 4 is 35.6 Å². The number of hydrogen-bond donors (Lipinski definition) is 2. The predicted molar refractivity (Wildman–Crippen MR) is 136 cm³/mol. The van der Waals surface area contributed by atoms with Crippen LogP contribution in [-0.4, -0.2) is 59.0 Å². The standard InChI is InChI=1S/C23H38N4O2.HI/c1-24-23(25-14-8-16-29-20-9-4-3-5-10-20)26-17-19-13-15-27(18-19)21-11-6-7-12-22(21)28-2;/h6-7,11-12,19-20H,3-5,8-10,13-18H2,1-2H3,(H2,24,25,26);1H. The Hall–Kier alpha value is -1.22. The largest absolute Gasteiger partial charge is 0.495 e. The zero-order valence-corrected chi connectivity index (χ0v) is 20.9. The van der Waals surface area contributed by atoms with E-state index >= 15 is 0 Å². The molecule has 0 aromatic heterocycles. The number of nitrogens with zero attached hydrogens (tertiary/aromatic N) is 2. The summed E-state index contributed by atoms with van der Waals surface area (Å²) < 4.78 is 11.5. The summed E-state index contributed by atoms with van der Waals surface area (Å²) in [6, 6.07) is 8.27. The van der Waals surface area contributed by atoms with E-state index in [2.05, 4.69) is 32.7 Å². The first-order valence-corrected chi connectivity index (χ1v) is 11.2. The first kappa shape index (κ1) is 25.0. The molecule has 30 heavy (non-hydrogen) atoms. The SMILES string of the molecule is CN=C(NCCCOC1CCCCC1)NCC1CCN(c2ccccc2OC)C1.I. The molecule has 1 aromatic carbocycles.